The van der Waals surface area contributed by atoms with Gasteiger partial charge in [-0.3, -0.25) is 0 Å². The maximum Gasteiger partial charge on any atom is 0.121 e. The average Bonchev–Trinajstić information content (AvgIpc) is 2.58. The lowest BCUT2D eigenvalue weighted by atomic mass is 10.1. The molecule has 13 heavy (non-hydrogen) atoms. The van der Waals surface area contributed by atoms with Gasteiger partial charge in [-0.05, 0) is 18.6 Å². The number of fused-ring (bicyclic) bond motifs is 1. The number of phenols is 1. The number of hydrogen-bond donors (Lipinski definition) is 2. The van der Waals surface area contributed by atoms with Crippen LogP contribution < -0.4 is 0 Å². The minimum atomic E-state index is 0.309. The van der Waals surface area contributed by atoms with Crippen molar-refractivity contribution in [2.75, 3.05) is 0 Å². The van der Waals surface area contributed by atoms with Crippen molar-refractivity contribution in [2.45, 2.75) is 19.8 Å². The number of aromatic hydroxyl groups is 1. The topological polar surface area (TPSA) is 61.8 Å². The van der Waals surface area contributed by atoms with E-state index in [0.29, 0.717) is 5.75 Å². The highest BCUT2D eigenvalue weighted by molar-refractivity contribution is 5.79. The summed E-state index contributed by atoms with van der Waals surface area (Å²) in [6.07, 6.45) is 1.81. The van der Waals surface area contributed by atoms with Crippen LogP contribution in [0.15, 0.2) is 12.1 Å². The Bertz CT molecular complexity index is 422. The molecule has 2 N–H and O–H groups in total. The number of phenolic OH excluding ortho intramolecular Hbond substituents is 1. The highest BCUT2D eigenvalue weighted by atomic mass is 16.3. The van der Waals surface area contributed by atoms with Crippen molar-refractivity contribution < 1.29 is 5.11 Å². The molecule has 1 aromatic heterocycles. The predicted molar refractivity (Wildman–Crippen MR) is 49.5 cm³/mol. The van der Waals surface area contributed by atoms with Crippen LogP contribution in [0.4, 0.5) is 0 Å². The minimum Gasteiger partial charge on any atom is -0.508 e. The molecule has 1 aromatic carbocycles. The molecule has 0 bridgehead atoms. The first-order chi connectivity index (χ1) is 6.33. The summed E-state index contributed by atoms with van der Waals surface area (Å²) < 4.78 is 0. The predicted octanol–water partition coefficient (Wildman–Crippen LogP) is 1.62. The molecule has 0 atom stereocenters. The normalized spacial score (nSPS) is 10.8. The molecule has 0 amide bonds. The van der Waals surface area contributed by atoms with Crippen LogP contribution in [0.2, 0.25) is 0 Å². The van der Waals surface area contributed by atoms with Crippen LogP contribution in [0.3, 0.4) is 0 Å². The van der Waals surface area contributed by atoms with E-state index in [-0.39, 0.29) is 0 Å². The summed E-state index contributed by atoms with van der Waals surface area (Å²) in [5.41, 5.74) is 2.47. The molecule has 0 radical (unpaired) electrons. The van der Waals surface area contributed by atoms with Gasteiger partial charge in [0, 0.05) is 5.56 Å². The fourth-order valence-corrected chi connectivity index (χ4v) is 1.45. The van der Waals surface area contributed by atoms with Gasteiger partial charge >= 0.3 is 0 Å². The van der Waals surface area contributed by atoms with Crippen LogP contribution in [0.5, 0.6) is 5.75 Å². The fourth-order valence-electron chi connectivity index (χ4n) is 1.45. The van der Waals surface area contributed by atoms with E-state index in [1.54, 1.807) is 12.1 Å². The number of aryl methyl sites for hydroxylation is 1. The molecule has 2 rings (SSSR count). The van der Waals surface area contributed by atoms with Crippen LogP contribution in [0, 0.1) is 0 Å². The number of H-pyrrole nitrogens is 1. The summed E-state index contributed by atoms with van der Waals surface area (Å²) in [7, 11) is 0. The van der Waals surface area contributed by atoms with Crippen LogP contribution in [-0.4, -0.2) is 20.5 Å². The molecule has 68 valence electrons. The molecule has 0 fully saturated rings. The van der Waals surface area contributed by atoms with Gasteiger partial charge in [-0.15, -0.1) is 0 Å². The zero-order valence-electron chi connectivity index (χ0n) is 7.41. The number of hydrogen-bond acceptors (Lipinski definition) is 3. The first kappa shape index (κ1) is 8.04. The van der Waals surface area contributed by atoms with Gasteiger partial charge in [0.1, 0.15) is 16.8 Å². The van der Waals surface area contributed by atoms with Crippen molar-refractivity contribution in [3.8, 4) is 5.75 Å². The van der Waals surface area contributed by atoms with Gasteiger partial charge in [0.2, 0.25) is 0 Å². The van der Waals surface area contributed by atoms with E-state index in [9.17, 15) is 5.11 Å². The van der Waals surface area contributed by atoms with Crippen molar-refractivity contribution >= 4 is 11.0 Å². The van der Waals surface area contributed by atoms with Crippen molar-refractivity contribution in [3.05, 3.63) is 17.7 Å². The zero-order chi connectivity index (χ0) is 9.26. The second-order valence-electron chi connectivity index (χ2n) is 3.00. The number of benzene rings is 1. The molecule has 0 saturated carbocycles. The van der Waals surface area contributed by atoms with Gasteiger partial charge < -0.3 is 5.11 Å². The van der Waals surface area contributed by atoms with E-state index in [0.717, 1.165) is 29.4 Å². The Labute approximate surface area is 75.6 Å². The summed E-state index contributed by atoms with van der Waals surface area (Å²) >= 11 is 0. The Balaban J connectivity index is 2.66. The Hall–Kier alpha value is -1.58. The van der Waals surface area contributed by atoms with E-state index in [1.165, 1.54) is 0 Å². The average molecular weight is 177 g/mol. The van der Waals surface area contributed by atoms with Crippen molar-refractivity contribution in [1.29, 1.82) is 0 Å². The lowest BCUT2D eigenvalue weighted by Crippen LogP contribution is -1.86. The molecule has 2 aromatic rings. The lowest BCUT2D eigenvalue weighted by molar-refractivity contribution is 0.468. The largest absolute Gasteiger partial charge is 0.508 e. The molecular weight excluding hydrogens is 166 g/mol. The molecule has 1 heterocycles. The summed E-state index contributed by atoms with van der Waals surface area (Å²) in [5.74, 6) is 0.309. The van der Waals surface area contributed by atoms with Crippen molar-refractivity contribution in [2.24, 2.45) is 0 Å². The number of aromatic amines is 1. The van der Waals surface area contributed by atoms with Crippen LogP contribution in [-0.2, 0) is 6.42 Å². The molecule has 4 heteroatoms. The van der Waals surface area contributed by atoms with Gasteiger partial charge in [0.15, 0.2) is 0 Å². The SMILES string of the molecule is CCCc1c(O)ccc2n[nH]nc12. The van der Waals surface area contributed by atoms with Gasteiger partial charge in [0.25, 0.3) is 0 Å². The zero-order valence-corrected chi connectivity index (χ0v) is 7.41. The van der Waals surface area contributed by atoms with Crippen molar-refractivity contribution in [1.82, 2.24) is 15.4 Å². The van der Waals surface area contributed by atoms with Crippen LogP contribution in [0.1, 0.15) is 18.9 Å². The maximum absolute atomic E-state index is 9.58. The molecular formula is C9H11N3O. The molecule has 4 nitrogen and oxygen atoms in total. The van der Waals surface area contributed by atoms with Gasteiger partial charge in [-0.1, -0.05) is 13.3 Å². The van der Waals surface area contributed by atoms with E-state index in [4.69, 9.17) is 0 Å². The Morgan fingerprint density at radius 3 is 3.00 bits per heavy atom. The Morgan fingerprint density at radius 2 is 2.23 bits per heavy atom. The molecule has 0 aliphatic carbocycles. The van der Waals surface area contributed by atoms with Gasteiger partial charge in [0.05, 0.1) is 0 Å². The first-order valence-corrected chi connectivity index (χ1v) is 4.34. The highest BCUT2D eigenvalue weighted by Crippen LogP contribution is 2.25. The second-order valence-corrected chi connectivity index (χ2v) is 3.00. The first-order valence-electron chi connectivity index (χ1n) is 4.34. The van der Waals surface area contributed by atoms with Crippen molar-refractivity contribution in [3.63, 3.8) is 0 Å². The number of nitrogens with one attached hydrogen (secondary N) is 1. The summed E-state index contributed by atoms with van der Waals surface area (Å²) in [4.78, 5) is 0. The van der Waals surface area contributed by atoms with E-state index in [1.807, 2.05) is 0 Å². The lowest BCUT2D eigenvalue weighted by Gasteiger charge is -2.01. The molecule has 0 aliphatic rings. The van der Waals surface area contributed by atoms with E-state index < -0.39 is 0 Å². The Kier molecular flexibility index (Phi) is 1.88. The smallest absolute Gasteiger partial charge is 0.121 e. The summed E-state index contributed by atoms with van der Waals surface area (Å²) in [6, 6.07) is 3.42. The van der Waals surface area contributed by atoms with E-state index in [2.05, 4.69) is 22.3 Å². The fraction of sp³-hybridized carbons (Fsp3) is 0.333. The molecule has 0 unspecified atom stereocenters. The van der Waals surface area contributed by atoms with E-state index >= 15 is 0 Å². The third kappa shape index (κ3) is 1.24. The molecule has 0 saturated heterocycles. The van der Waals surface area contributed by atoms with Gasteiger partial charge in [-0.2, -0.15) is 15.4 Å². The second kappa shape index (κ2) is 3.05. The number of nitrogens with zero attached hydrogens (tertiary/aromatic N) is 2. The highest BCUT2D eigenvalue weighted by Gasteiger charge is 2.08. The maximum atomic E-state index is 9.58. The van der Waals surface area contributed by atoms with Crippen LogP contribution >= 0.6 is 0 Å². The number of rotatable bonds is 2. The third-order valence-electron chi connectivity index (χ3n) is 2.07. The Morgan fingerprint density at radius 1 is 1.38 bits per heavy atom. The number of aromatic nitrogens is 3. The standard InChI is InChI=1S/C9H11N3O/c1-2-3-6-8(13)5-4-7-9(6)11-12-10-7/h4-5,13H,2-3H2,1H3,(H,10,11,12). The summed E-state index contributed by atoms with van der Waals surface area (Å²) in [6.45, 7) is 2.07. The monoisotopic (exact) mass is 177 g/mol. The third-order valence-corrected chi connectivity index (χ3v) is 2.07. The molecule has 0 aliphatic heterocycles. The minimum absolute atomic E-state index is 0.309. The van der Waals surface area contributed by atoms with Gasteiger partial charge in [-0.25, -0.2) is 0 Å². The summed E-state index contributed by atoms with van der Waals surface area (Å²) in [5, 5.41) is 20.1. The molecule has 0 spiro atoms. The quantitative estimate of drug-likeness (QED) is 0.732. The van der Waals surface area contributed by atoms with Crippen LogP contribution in [0.25, 0.3) is 11.0 Å².